The second-order valence-electron chi connectivity index (χ2n) is 6.28. The second-order valence-corrected chi connectivity index (χ2v) is 10.3. The summed E-state index contributed by atoms with van der Waals surface area (Å²) in [4.78, 5) is 11.7. The van der Waals surface area contributed by atoms with Crippen molar-refractivity contribution in [3.8, 4) is 0 Å². The molecule has 0 fully saturated rings. The molecule has 7 nitrogen and oxygen atoms in total. The maximum absolute atomic E-state index is 12.9. The van der Waals surface area contributed by atoms with Crippen molar-refractivity contribution in [2.24, 2.45) is 0 Å². The maximum atomic E-state index is 12.9. The molecule has 0 aliphatic heterocycles. The minimum atomic E-state index is -3.66. The molecule has 0 aliphatic rings. The van der Waals surface area contributed by atoms with E-state index in [-0.39, 0.29) is 46.7 Å². The van der Waals surface area contributed by atoms with Crippen LogP contribution >= 0.6 is 0 Å². The quantitative estimate of drug-likeness (QED) is 0.615. The van der Waals surface area contributed by atoms with Crippen molar-refractivity contribution in [1.29, 1.82) is 0 Å². The summed E-state index contributed by atoms with van der Waals surface area (Å²) in [7, 11) is -7.20. The standard InChI is InChI=1S/C18H21FN2O5S2/c1-27(23,24)15-7-8-16(17(12-15)28(2,25)26)20-9-10-21-18(22)11-13-3-5-14(19)6-4-13/h3-8,12,20H,9-11H2,1-2H3,(H,21,22). The molecule has 152 valence electrons. The van der Waals surface area contributed by atoms with Gasteiger partial charge in [0.25, 0.3) is 0 Å². The Morgan fingerprint density at radius 3 is 2.14 bits per heavy atom. The first kappa shape index (κ1) is 21.8. The van der Waals surface area contributed by atoms with Crippen LogP contribution < -0.4 is 10.6 Å². The van der Waals surface area contributed by atoms with E-state index in [9.17, 15) is 26.0 Å². The smallest absolute Gasteiger partial charge is 0.224 e. The van der Waals surface area contributed by atoms with Gasteiger partial charge in [-0.2, -0.15) is 0 Å². The van der Waals surface area contributed by atoms with Gasteiger partial charge in [0.05, 0.1) is 21.9 Å². The molecule has 1 amide bonds. The van der Waals surface area contributed by atoms with Gasteiger partial charge >= 0.3 is 0 Å². The van der Waals surface area contributed by atoms with Crippen molar-refractivity contribution in [3.63, 3.8) is 0 Å². The lowest BCUT2D eigenvalue weighted by atomic mass is 10.1. The van der Waals surface area contributed by atoms with Gasteiger partial charge in [-0.3, -0.25) is 4.79 Å². The Kier molecular flexibility index (Phi) is 6.78. The zero-order valence-electron chi connectivity index (χ0n) is 15.4. The molecule has 0 aliphatic carbocycles. The van der Waals surface area contributed by atoms with Crippen LogP contribution in [0.15, 0.2) is 52.3 Å². The summed E-state index contributed by atoms with van der Waals surface area (Å²) in [5.74, 6) is -0.638. The monoisotopic (exact) mass is 428 g/mol. The Balaban J connectivity index is 1.97. The SMILES string of the molecule is CS(=O)(=O)c1ccc(NCCNC(=O)Cc2ccc(F)cc2)c(S(C)(=O)=O)c1. The minimum Gasteiger partial charge on any atom is -0.382 e. The molecule has 0 bridgehead atoms. The Morgan fingerprint density at radius 1 is 0.929 bits per heavy atom. The zero-order valence-corrected chi connectivity index (χ0v) is 17.0. The van der Waals surface area contributed by atoms with Crippen molar-refractivity contribution in [2.45, 2.75) is 16.2 Å². The molecule has 0 aromatic heterocycles. The molecule has 0 spiro atoms. The highest BCUT2D eigenvalue weighted by Crippen LogP contribution is 2.24. The third-order valence-corrected chi connectivity index (χ3v) is 6.07. The molecule has 0 radical (unpaired) electrons. The predicted octanol–water partition coefficient (Wildman–Crippen LogP) is 1.40. The number of carbonyl (C=O) groups is 1. The third-order valence-electron chi connectivity index (χ3n) is 3.82. The van der Waals surface area contributed by atoms with Gasteiger partial charge in [-0.1, -0.05) is 12.1 Å². The summed E-state index contributed by atoms with van der Waals surface area (Å²) >= 11 is 0. The molecule has 2 aromatic rings. The summed E-state index contributed by atoms with van der Waals surface area (Å²) in [6, 6.07) is 9.41. The molecule has 2 N–H and O–H groups in total. The largest absolute Gasteiger partial charge is 0.382 e. The fourth-order valence-corrected chi connectivity index (χ4v) is 4.04. The van der Waals surface area contributed by atoms with Gasteiger partial charge in [-0.05, 0) is 35.9 Å². The van der Waals surface area contributed by atoms with E-state index in [1.807, 2.05) is 0 Å². The Bertz CT molecular complexity index is 1070. The summed E-state index contributed by atoms with van der Waals surface area (Å²) in [5.41, 5.74) is 0.922. The minimum absolute atomic E-state index is 0.0916. The number of halogens is 1. The van der Waals surface area contributed by atoms with Crippen LogP contribution in [-0.4, -0.2) is 48.3 Å². The molecule has 2 rings (SSSR count). The molecule has 0 saturated heterocycles. The fourth-order valence-electron chi connectivity index (χ4n) is 2.44. The van der Waals surface area contributed by atoms with Crippen molar-refractivity contribution in [2.75, 3.05) is 30.9 Å². The predicted molar refractivity (Wildman–Crippen MR) is 104 cm³/mol. The van der Waals surface area contributed by atoms with E-state index in [0.29, 0.717) is 5.56 Å². The number of carbonyl (C=O) groups excluding carboxylic acids is 1. The number of benzene rings is 2. The molecule has 0 atom stereocenters. The van der Waals surface area contributed by atoms with E-state index in [4.69, 9.17) is 0 Å². The molecule has 28 heavy (non-hydrogen) atoms. The van der Waals surface area contributed by atoms with E-state index >= 15 is 0 Å². The first-order valence-electron chi connectivity index (χ1n) is 8.26. The highest BCUT2D eigenvalue weighted by Gasteiger charge is 2.17. The molecule has 10 heteroatoms. The van der Waals surface area contributed by atoms with Crippen molar-refractivity contribution in [3.05, 3.63) is 53.8 Å². The molecular weight excluding hydrogens is 407 g/mol. The van der Waals surface area contributed by atoms with E-state index in [1.54, 1.807) is 0 Å². The lowest BCUT2D eigenvalue weighted by Gasteiger charge is -2.13. The number of nitrogens with one attached hydrogen (secondary N) is 2. The van der Waals surface area contributed by atoms with E-state index in [2.05, 4.69) is 10.6 Å². The third kappa shape index (κ3) is 6.31. The average Bonchev–Trinajstić information content (AvgIpc) is 2.59. The van der Waals surface area contributed by atoms with Gasteiger partial charge in [0.2, 0.25) is 5.91 Å². The fraction of sp³-hybridized carbons (Fsp3) is 0.278. The number of amides is 1. The van der Waals surface area contributed by atoms with E-state index in [0.717, 1.165) is 18.6 Å². The molecule has 2 aromatic carbocycles. The number of hydrogen-bond donors (Lipinski definition) is 2. The van der Waals surface area contributed by atoms with Crippen molar-refractivity contribution >= 4 is 31.3 Å². The van der Waals surface area contributed by atoms with Crippen molar-refractivity contribution in [1.82, 2.24) is 5.32 Å². The molecule has 0 unspecified atom stereocenters. The number of hydrogen-bond acceptors (Lipinski definition) is 6. The highest BCUT2D eigenvalue weighted by atomic mass is 32.2. The Labute approximate surface area is 163 Å². The van der Waals surface area contributed by atoms with Crippen LogP contribution in [0, 0.1) is 5.82 Å². The van der Waals surface area contributed by atoms with Crippen LogP contribution in [0.1, 0.15) is 5.56 Å². The lowest BCUT2D eigenvalue weighted by molar-refractivity contribution is -0.120. The van der Waals surface area contributed by atoms with Crippen LogP contribution in [0.25, 0.3) is 0 Å². The van der Waals surface area contributed by atoms with Gasteiger partial charge in [0.1, 0.15) is 5.82 Å². The van der Waals surface area contributed by atoms with Gasteiger partial charge in [-0.15, -0.1) is 0 Å². The Morgan fingerprint density at radius 2 is 1.57 bits per heavy atom. The summed E-state index contributed by atoms with van der Waals surface area (Å²) in [5, 5.41) is 5.56. The summed E-state index contributed by atoms with van der Waals surface area (Å²) in [6.45, 7) is 0.451. The number of rotatable bonds is 8. The highest BCUT2D eigenvalue weighted by molar-refractivity contribution is 7.91. The molecular formula is C18H21FN2O5S2. The molecule has 0 heterocycles. The topological polar surface area (TPSA) is 109 Å². The van der Waals surface area contributed by atoms with Gasteiger partial charge < -0.3 is 10.6 Å². The normalized spacial score (nSPS) is 11.8. The van der Waals surface area contributed by atoms with Gasteiger partial charge in [0.15, 0.2) is 19.7 Å². The van der Waals surface area contributed by atoms with Gasteiger partial charge in [-0.25, -0.2) is 21.2 Å². The average molecular weight is 429 g/mol. The second kappa shape index (κ2) is 8.70. The van der Waals surface area contributed by atoms with Crippen LogP contribution in [-0.2, 0) is 30.9 Å². The number of sulfone groups is 2. The van der Waals surface area contributed by atoms with Gasteiger partial charge in [0, 0.05) is 25.6 Å². The Hall–Kier alpha value is -2.46. The summed E-state index contributed by atoms with van der Waals surface area (Å²) < 4.78 is 60.1. The maximum Gasteiger partial charge on any atom is 0.224 e. The van der Waals surface area contributed by atoms with E-state index in [1.165, 1.54) is 36.4 Å². The van der Waals surface area contributed by atoms with E-state index < -0.39 is 19.7 Å². The summed E-state index contributed by atoms with van der Waals surface area (Å²) in [6.07, 6.45) is 2.08. The number of anilines is 1. The van der Waals surface area contributed by atoms with Crippen LogP contribution in [0.2, 0.25) is 0 Å². The first-order valence-corrected chi connectivity index (χ1v) is 12.0. The zero-order chi connectivity index (χ0) is 20.9. The molecule has 0 saturated carbocycles. The lowest BCUT2D eigenvalue weighted by Crippen LogP contribution is -2.30. The van der Waals surface area contributed by atoms with Crippen LogP contribution in [0.5, 0.6) is 0 Å². The van der Waals surface area contributed by atoms with Crippen LogP contribution in [0.3, 0.4) is 0 Å². The van der Waals surface area contributed by atoms with Crippen molar-refractivity contribution < 1.29 is 26.0 Å². The first-order chi connectivity index (χ1) is 13.0. The van der Waals surface area contributed by atoms with Crippen LogP contribution in [0.4, 0.5) is 10.1 Å².